The van der Waals surface area contributed by atoms with Gasteiger partial charge in [0.2, 0.25) is 6.39 Å². The molecule has 0 spiro atoms. The highest BCUT2D eigenvalue weighted by Crippen LogP contribution is 2.26. The van der Waals surface area contributed by atoms with E-state index in [1.165, 1.54) is 6.39 Å². The van der Waals surface area contributed by atoms with Gasteiger partial charge < -0.3 is 13.7 Å². The summed E-state index contributed by atoms with van der Waals surface area (Å²) < 4.78 is 12.9. The zero-order valence-electron chi connectivity index (χ0n) is 10.7. The fourth-order valence-electron chi connectivity index (χ4n) is 2.21. The minimum absolute atomic E-state index is 0.535. The number of aromatic nitrogens is 3. The van der Waals surface area contributed by atoms with E-state index in [1.807, 2.05) is 19.1 Å². The van der Waals surface area contributed by atoms with Gasteiger partial charge in [-0.3, -0.25) is 0 Å². The van der Waals surface area contributed by atoms with Crippen LogP contribution in [0.5, 0.6) is 0 Å². The Morgan fingerprint density at radius 2 is 2.21 bits per heavy atom. The monoisotopic (exact) mass is 257 g/mol. The van der Waals surface area contributed by atoms with Crippen molar-refractivity contribution in [2.75, 3.05) is 13.2 Å². The first kappa shape index (κ1) is 11.9. The minimum atomic E-state index is 0.535. The van der Waals surface area contributed by atoms with Gasteiger partial charge in [-0.25, -0.2) is 0 Å². The predicted molar refractivity (Wildman–Crippen MR) is 71.7 cm³/mol. The van der Waals surface area contributed by atoms with Gasteiger partial charge in [0.15, 0.2) is 0 Å². The van der Waals surface area contributed by atoms with Gasteiger partial charge in [0.1, 0.15) is 5.69 Å². The molecule has 3 aromatic rings. The maximum atomic E-state index is 5.44. The van der Waals surface area contributed by atoms with E-state index in [-0.39, 0.29) is 0 Å². The number of fused-ring (bicyclic) bond motifs is 1. The second-order valence-corrected chi connectivity index (χ2v) is 4.18. The zero-order valence-corrected chi connectivity index (χ0v) is 10.7. The van der Waals surface area contributed by atoms with Crippen molar-refractivity contribution in [3.05, 3.63) is 36.7 Å². The molecule has 0 radical (unpaired) electrons. The lowest BCUT2D eigenvalue weighted by Gasteiger charge is -2.08. The molecule has 0 amide bonds. The summed E-state index contributed by atoms with van der Waals surface area (Å²) >= 11 is 0. The molecule has 98 valence electrons. The van der Waals surface area contributed by atoms with Crippen molar-refractivity contribution in [1.82, 2.24) is 14.8 Å². The molecular formula is C14H15N3O2. The molecule has 0 atom stereocenters. The average molecular weight is 257 g/mol. The summed E-state index contributed by atoms with van der Waals surface area (Å²) in [5, 5.41) is 8.90. The topological polar surface area (TPSA) is 53.1 Å². The zero-order chi connectivity index (χ0) is 13.1. The molecule has 0 aliphatic heterocycles. The van der Waals surface area contributed by atoms with E-state index in [2.05, 4.69) is 33.0 Å². The van der Waals surface area contributed by atoms with Gasteiger partial charge in [0, 0.05) is 24.1 Å². The van der Waals surface area contributed by atoms with Crippen molar-refractivity contribution in [2.24, 2.45) is 0 Å². The number of para-hydroxylation sites is 1. The molecule has 2 heterocycles. The standard InChI is InChI=1S/C14H15N3O2/c1-2-18-8-7-17-12-6-4-3-5-11(12)9-13(17)14-16-15-10-19-14/h3-6,9-10H,2,7-8H2,1H3. The van der Waals surface area contributed by atoms with Crippen LogP contribution in [0.3, 0.4) is 0 Å². The normalized spacial score (nSPS) is 11.2. The van der Waals surface area contributed by atoms with Crippen LogP contribution in [0.4, 0.5) is 0 Å². The van der Waals surface area contributed by atoms with Crippen LogP contribution < -0.4 is 0 Å². The van der Waals surface area contributed by atoms with E-state index in [9.17, 15) is 0 Å². The van der Waals surface area contributed by atoms with E-state index < -0.39 is 0 Å². The van der Waals surface area contributed by atoms with Gasteiger partial charge in [0.25, 0.3) is 5.89 Å². The van der Waals surface area contributed by atoms with Crippen molar-refractivity contribution >= 4 is 10.9 Å². The van der Waals surface area contributed by atoms with Crippen molar-refractivity contribution in [2.45, 2.75) is 13.5 Å². The van der Waals surface area contributed by atoms with Crippen molar-refractivity contribution < 1.29 is 9.15 Å². The summed E-state index contributed by atoms with van der Waals surface area (Å²) in [6.07, 6.45) is 1.35. The Kier molecular flexibility index (Phi) is 3.29. The summed E-state index contributed by atoms with van der Waals surface area (Å²) in [6.45, 7) is 4.14. The van der Waals surface area contributed by atoms with Crippen LogP contribution in [0.15, 0.2) is 41.1 Å². The number of hydrogen-bond donors (Lipinski definition) is 0. The van der Waals surface area contributed by atoms with Crippen LogP contribution in [0.2, 0.25) is 0 Å². The molecule has 5 heteroatoms. The molecule has 0 saturated carbocycles. The first-order chi connectivity index (χ1) is 9.40. The van der Waals surface area contributed by atoms with Crippen molar-refractivity contribution in [3.63, 3.8) is 0 Å². The highest BCUT2D eigenvalue weighted by Gasteiger charge is 2.13. The van der Waals surface area contributed by atoms with Crippen LogP contribution >= 0.6 is 0 Å². The molecule has 0 bridgehead atoms. The SMILES string of the molecule is CCOCCn1c(-c2nnco2)cc2ccccc21. The van der Waals surface area contributed by atoms with Gasteiger partial charge in [-0.15, -0.1) is 10.2 Å². The average Bonchev–Trinajstić information content (AvgIpc) is 3.06. The van der Waals surface area contributed by atoms with E-state index in [4.69, 9.17) is 9.15 Å². The largest absolute Gasteiger partial charge is 0.422 e. The quantitative estimate of drug-likeness (QED) is 0.659. The van der Waals surface area contributed by atoms with Crippen LogP contribution in [0.1, 0.15) is 6.92 Å². The maximum Gasteiger partial charge on any atom is 0.264 e. The highest BCUT2D eigenvalue weighted by atomic mass is 16.5. The molecular weight excluding hydrogens is 242 g/mol. The Hall–Kier alpha value is -2.14. The number of ether oxygens (including phenoxy) is 1. The third-order valence-electron chi connectivity index (χ3n) is 3.05. The molecule has 3 rings (SSSR count). The van der Waals surface area contributed by atoms with E-state index in [0.717, 1.165) is 29.7 Å². The fraction of sp³-hybridized carbons (Fsp3) is 0.286. The summed E-state index contributed by atoms with van der Waals surface area (Å²) in [4.78, 5) is 0. The van der Waals surface area contributed by atoms with Crippen LogP contribution in [-0.2, 0) is 11.3 Å². The van der Waals surface area contributed by atoms with Gasteiger partial charge >= 0.3 is 0 Å². The second-order valence-electron chi connectivity index (χ2n) is 4.18. The van der Waals surface area contributed by atoms with Crippen LogP contribution in [0, 0.1) is 0 Å². The summed E-state index contributed by atoms with van der Waals surface area (Å²) in [5.74, 6) is 0.535. The lowest BCUT2D eigenvalue weighted by molar-refractivity contribution is 0.140. The molecule has 0 N–H and O–H groups in total. The summed E-state index contributed by atoms with van der Waals surface area (Å²) in [6, 6.07) is 10.3. The molecule has 19 heavy (non-hydrogen) atoms. The van der Waals surface area contributed by atoms with Crippen LogP contribution in [0.25, 0.3) is 22.5 Å². The molecule has 0 unspecified atom stereocenters. The smallest absolute Gasteiger partial charge is 0.264 e. The molecule has 1 aromatic carbocycles. The van der Waals surface area contributed by atoms with E-state index >= 15 is 0 Å². The third kappa shape index (κ3) is 2.24. The Labute approximate surface area is 110 Å². The Morgan fingerprint density at radius 1 is 1.32 bits per heavy atom. The number of hydrogen-bond acceptors (Lipinski definition) is 4. The molecule has 2 aromatic heterocycles. The Bertz CT molecular complexity index is 658. The highest BCUT2D eigenvalue weighted by molar-refractivity contribution is 5.85. The summed E-state index contributed by atoms with van der Waals surface area (Å²) in [5.41, 5.74) is 2.08. The first-order valence-corrected chi connectivity index (χ1v) is 6.32. The number of rotatable bonds is 5. The van der Waals surface area contributed by atoms with Gasteiger partial charge in [0.05, 0.1) is 6.61 Å². The first-order valence-electron chi connectivity index (χ1n) is 6.32. The van der Waals surface area contributed by atoms with Gasteiger partial charge in [-0.05, 0) is 19.1 Å². The molecule has 0 saturated heterocycles. The molecule has 0 aliphatic carbocycles. The maximum absolute atomic E-state index is 5.44. The van der Waals surface area contributed by atoms with E-state index in [0.29, 0.717) is 12.5 Å². The summed E-state index contributed by atoms with van der Waals surface area (Å²) in [7, 11) is 0. The lowest BCUT2D eigenvalue weighted by atomic mass is 10.2. The fourth-order valence-corrected chi connectivity index (χ4v) is 2.21. The van der Waals surface area contributed by atoms with Crippen molar-refractivity contribution in [3.8, 4) is 11.6 Å². The third-order valence-corrected chi connectivity index (χ3v) is 3.05. The predicted octanol–water partition coefficient (Wildman–Crippen LogP) is 2.73. The Morgan fingerprint density at radius 3 is 3.00 bits per heavy atom. The molecule has 0 aliphatic rings. The Balaban J connectivity index is 2.06. The minimum Gasteiger partial charge on any atom is -0.422 e. The number of benzene rings is 1. The molecule has 0 fully saturated rings. The lowest BCUT2D eigenvalue weighted by Crippen LogP contribution is -2.07. The number of nitrogens with zero attached hydrogens (tertiary/aromatic N) is 3. The van der Waals surface area contributed by atoms with Crippen molar-refractivity contribution in [1.29, 1.82) is 0 Å². The molecule has 5 nitrogen and oxygen atoms in total. The van der Waals surface area contributed by atoms with Gasteiger partial charge in [-0.2, -0.15) is 0 Å². The van der Waals surface area contributed by atoms with Crippen LogP contribution in [-0.4, -0.2) is 28.0 Å². The van der Waals surface area contributed by atoms with Gasteiger partial charge in [-0.1, -0.05) is 18.2 Å². The second kappa shape index (κ2) is 5.24. The van der Waals surface area contributed by atoms with E-state index in [1.54, 1.807) is 0 Å².